The summed E-state index contributed by atoms with van der Waals surface area (Å²) in [6.45, 7) is -0.186. The number of rotatable bonds is 5. The zero-order valence-electron chi connectivity index (χ0n) is 9.01. The first kappa shape index (κ1) is 12.6. The Morgan fingerprint density at radius 1 is 1.12 bits per heavy atom. The summed E-state index contributed by atoms with van der Waals surface area (Å²) in [5, 5.41) is 26.5. The zero-order valence-corrected chi connectivity index (χ0v) is 9.01. The normalized spacial score (nSPS) is 9.81. The summed E-state index contributed by atoms with van der Waals surface area (Å²) in [4.78, 5) is 0. The van der Waals surface area contributed by atoms with Gasteiger partial charge in [-0.1, -0.05) is 0 Å². The molecule has 0 saturated carbocycles. The molecule has 0 aliphatic carbocycles. The van der Waals surface area contributed by atoms with Crippen molar-refractivity contribution in [3.05, 3.63) is 17.7 Å². The van der Waals surface area contributed by atoms with Gasteiger partial charge in [0.15, 0.2) is 17.2 Å². The van der Waals surface area contributed by atoms with Gasteiger partial charge in [0.25, 0.3) is 0 Å². The van der Waals surface area contributed by atoms with Crippen molar-refractivity contribution >= 4 is 7.32 Å². The second-order valence-corrected chi connectivity index (χ2v) is 2.93. The molecule has 0 bridgehead atoms. The van der Waals surface area contributed by atoms with Gasteiger partial charge >= 0.3 is 7.32 Å². The highest BCUT2D eigenvalue weighted by molar-refractivity contribution is 6.34. The Kier molecular flexibility index (Phi) is 4.42. The summed E-state index contributed by atoms with van der Waals surface area (Å²) in [7, 11) is 0.821. The van der Waals surface area contributed by atoms with Gasteiger partial charge in [-0.05, 0) is 17.7 Å². The van der Waals surface area contributed by atoms with E-state index in [9.17, 15) is 0 Å². The average molecular weight is 228 g/mol. The third-order valence-electron chi connectivity index (χ3n) is 1.93. The predicted octanol–water partition coefficient (Wildman–Crippen LogP) is -0.456. The molecule has 7 heteroatoms. The summed E-state index contributed by atoms with van der Waals surface area (Å²) in [5.41, 5.74) is 0.563. The number of benzene rings is 1. The van der Waals surface area contributed by atoms with Crippen molar-refractivity contribution in [2.75, 3.05) is 14.2 Å². The molecule has 0 spiro atoms. The van der Waals surface area contributed by atoms with Crippen LogP contribution in [-0.4, -0.2) is 36.7 Å². The molecular weight excluding hydrogens is 215 g/mol. The van der Waals surface area contributed by atoms with E-state index in [4.69, 9.17) is 29.3 Å². The first-order valence-electron chi connectivity index (χ1n) is 4.51. The number of aliphatic hydroxyl groups is 1. The first-order chi connectivity index (χ1) is 7.62. The largest absolute Gasteiger partial charge is 0.707 e. The summed E-state index contributed by atoms with van der Waals surface area (Å²) in [5.74, 6) is 0.560. The maximum atomic E-state index is 9.00. The highest BCUT2D eigenvalue weighted by Gasteiger charge is 2.20. The van der Waals surface area contributed by atoms with Crippen LogP contribution in [0.2, 0.25) is 0 Å². The van der Waals surface area contributed by atoms with Crippen molar-refractivity contribution in [2.45, 2.75) is 6.61 Å². The molecule has 1 aromatic rings. The molecule has 88 valence electrons. The molecule has 1 rings (SSSR count). The fraction of sp³-hybridized carbons (Fsp3) is 0.333. The van der Waals surface area contributed by atoms with E-state index in [1.165, 1.54) is 26.4 Å². The Balaban J connectivity index is 3.20. The Morgan fingerprint density at radius 3 is 1.94 bits per heavy atom. The second kappa shape index (κ2) is 5.59. The molecule has 3 N–H and O–H groups in total. The van der Waals surface area contributed by atoms with Crippen LogP contribution in [0.1, 0.15) is 5.56 Å². The molecule has 0 amide bonds. The molecule has 6 nitrogen and oxygen atoms in total. The van der Waals surface area contributed by atoms with Gasteiger partial charge in [0.1, 0.15) is 0 Å². The third kappa shape index (κ3) is 2.78. The molecule has 0 unspecified atom stereocenters. The van der Waals surface area contributed by atoms with E-state index in [2.05, 4.69) is 0 Å². The van der Waals surface area contributed by atoms with Crippen LogP contribution < -0.4 is 14.1 Å². The van der Waals surface area contributed by atoms with E-state index >= 15 is 0 Å². The van der Waals surface area contributed by atoms with Crippen LogP contribution >= 0.6 is 0 Å². The van der Waals surface area contributed by atoms with E-state index < -0.39 is 7.32 Å². The molecule has 16 heavy (non-hydrogen) atoms. The number of methoxy groups -OCH3 is 2. The van der Waals surface area contributed by atoms with Crippen LogP contribution in [0.4, 0.5) is 0 Å². The van der Waals surface area contributed by atoms with Gasteiger partial charge in [0.05, 0.1) is 20.8 Å². The average Bonchev–Trinajstić information content (AvgIpc) is 2.28. The van der Waals surface area contributed by atoms with Gasteiger partial charge in [-0.3, -0.25) is 0 Å². The third-order valence-corrected chi connectivity index (χ3v) is 1.93. The smallest absolute Gasteiger partial charge is 0.506 e. The molecule has 0 saturated heterocycles. The summed E-state index contributed by atoms with van der Waals surface area (Å²) in [6, 6.07) is 3.03. The van der Waals surface area contributed by atoms with E-state index in [-0.39, 0.29) is 23.9 Å². The SMILES string of the molecule is COc1cc(CO)cc(OC)c1OB(O)O. The molecule has 0 fully saturated rings. The van der Waals surface area contributed by atoms with Gasteiger partial charge in [-0.2, -0.15) is 0 Å². The predicted molar refractivity (Wildman–Crippen MR) is 56.3 cm³/mol. The monoisotopic (exact) mass is 228 g/mol. The standard InChI is InChI=1S/C9H13BO6/c1-14-7-3-6(5-11)4-8(15-2)9(7)16-10(12)13/h3-4,11-13H,5H2,1-2H3. The molecule has 0 aromatic heterocycles. The van der Waals surface area contributed by atoms with Crippen molar-refractivity contribution in [3.63, 3.8) is 0 Å². The van der Waals surface area contributed by atoms with Crippen molar-refractivity contribution in [1.29, 1.82) is 0 Å². The lowest BCUT2D eigenvalue weighted by molar-refractivity contribution is 0.266. The van der Waals surface area contributed by atoms with Crippen molar-refractivity contribution < 1.29 is 29.3 Å². The number of hydrogen-bond donors (Lipinski definition) is 3. The maximum absolute atomic E-state index is 9.00. The van der Waals surface area contributed by atoms with Crippen LogP contribution in [0.15, 0.2) is 12.1 Å². The topological polar surface area (TPSA) is 88.4 Å². The van der Waals surface area contributed by atoms with Crippen LogP contribution in [0.3, 0.4) is 0 Å². The van der Waals surface area contributed by atoms with Gasteiger partial charge < -0.3 is 29.3 Å². The van der Waals surface area contributed by atoms with Crippen LogP contribution in [0.5, 0.6) is 17.2 Å². The van der Waals surface area contributed by atoms with Crippen LogP contribution in [-0.2, 0) is 6.61 Å². The van der Waals surface area contributed by atoms with Crippen LogP contribution in [0.25, 0.3) is 0 Å². The Morgan fingerprint density at radius 2 is 1.62 bits per heavy atom. The van der Waals surface area contributed by atoms with E-state index in [0.29, 0.717) is 5.56 Å². The molecule has 0 aliphatic heterocycles. The van der Waals surface area contributed by atoms with E-state index in [1.807, 2.05) is 0 Å². The fourth-order valence-corrected chi connectivity index (χ4v) is 1.25. The fourth-order valence-electron chi connectivity index (χ4n) is 1.25. The van der Waals surface area contributed by atoms with Crippen LogP contribution in [0, 0.1) is 0 Å². The molecular formula is C9H13BO6. The minimum atomic E-state index is -1.97. The van der Waals surface area contributed by atoms with Crippen molar-refractivity contribution in [2.24, 2.45) is 0 Å². The second-order valence-electron chi connectivity index (χ2n) is 2.93. The van der Waals surface area contributed by atoms with Gasteiger partial charge in [-0.25, -0.2) is 0 Å². The summed E-state index contributed by atoms with van der Waals surface area (Å²) < 4.78 is 14.7. The van der Waals surface area contributed by atoms with Crippen molar-refractivity contribution in [1.82, 2.24) is 0 Å². The number of aliphatic hydroxyl groups excluding tert-OH is 1. The zero-order chi connectivity index (χ0) is 12.1. The molecule has 1 aromatic carbocycles. The van der Waals surface area contributed by atoms with Gasteiger partial charge in [-0.15, -0.1) is 0 Å². The quantitative estimate of drug-likeness (QED) is 0.591. The molecule has 0 atom stereocenters. The molecule has 0 aliphatic rings. The van der Waals surface area contributed by atoms with Crippen molar-refractivity contribution in [3.8, 4) is 17.2 Å². The van der Waals surface area contributed by atoms with E-state index in [0.717, 1.165) is 0 Å². The summed E-state index contributed by atoms with van der Waals surface area (Å²) in [6.07, 6.45) is 0. The Labute approximate surface area is 93.2 Å². The molecule has 0 heterocycles. The lowest BCUT2D eigenvalue weighted by Gasteiger charge is -2.15. The van der Waals surface area contributed by atoms with E-state index in [1.54, 1.807) is 0 Å². The minimum Gasteiger partial charge on any atom is -0.506 e. The first-order valence-corrected chi connectivity index (χ1v) is 4.51. The highest BCUT2D eigenvalue weighted by Crippen LogP contribution is 2.38. The lowest BCUT2D eigenvalue weighted by atomic mass is 10.1. The van der Waals surface area contributed by atoms with Gasteiger partial charge in [0.2, 0.25) is 0 Å². The number of hydrogen-bond acceptors (Lipinski definition) is 6. The number of ether oxygens (including phenoxy) is 2. The lowest BCUT2D eigenvalue weighted by Crippen LogP contribution is -2.21. The molecule has 0 radical (unpaired) electrons. The Hall–Kier alpha value is -1.44. The minimum absolute atomic E-state index is 0.0669. The maximum Gasteiger partial charge on any atom is 0.707 e. The highest BCUT2D eigenvalue weighted by atomic mass is 16.6. The van der Waals surface area contributed by atoms with Gasteiger partial charge in [0, 0.05) is 0 Å². The summed E-state index contributed by atoms with van der Waals surface area (Å²) >= 11 is 0. The Bertz CT molecular complexity index is 329.